The molecule has 1 rings (SSSR count). The van der Waals surface area contributed by atoms with Gasteiger partial charge in [-0.1, -0.05) is 11.6 Å². The highest BCUT2D eigenvalue weighted by Gasteiger charge is 2.15. The summed E-state index contributed by atoms with van der Waals surface area (Å²) in [6.45, 7) is 7.20. The zero-order valence-corrected chi connectivity index (χ0v) is 12.5. The second-order valence-electron chi connectivity index (χ2n) is 5.36. The van der Waals surface area contributed by atoms with Gasteiger partial charge in [-0.25, -0.2) is 0 Å². The molecule has 0 aromatic heterocycles. The van der Waals surface area contributed by atoms with Crippen molar-refractivity contribution in [3.8, 4) is 0 Å². The van der Waals surface area contributed by atoms with Crippen molar-refractivity contribution < 1.29 is 9.72 Å². The summed E-state index contributed by atoms with van der Waals surface area (Å²) in [6, 6.07) is 3.91. The van der Waals surface area contributed by atoms with E-state index in [1.807, 2.05) is 20.8 Å². The Bertz CT molecular complexity index is 512. The summed E-state index contributed by atoms with van der Waals surface area (Å²) in [5, 5.41) is 16.5. The van der Waals surface area contributed by atoms with Crippen LogP contribution in [0.5, 0.6) is 0 Å². The molecule has 0 spiro atoms. The van der Waals surface area contributed by atoms with Crippen LogP contribution >= 0.6 is 11.6 Å². The highest BCUT2D eigenvalue weighted by Crippen LogP contribution is 2.24. The van der Waals surface area contributed by atoms with Crippen molar-refractivity contribution in [1.29, 1.82) is 0 Å². The van der Waals surface area contributed by atoms with Gasteiger partial charge in [0.15, 0.2) is 0 Å². The summed E-state index contributed by atoms with van der Waals surface area (Å²) in [4.78, 5) is 21.9. The molecule has 110 valence electrons. The summed E-state index contributed by atoms with van der Waals surface area (Å²) in [5.74, 6) is -0.308. The molecule has 1 aromatic rings. The van der Waals surface area contributed by atoms with E-state index in [9.17, 15) is 14.9 Å². The molecule has 1 aromatic carbocycles. The zero-order chi connectivity index (χ0) is 15.3. The third kappa shape index (κ3) is 5.14. The van der Waals surface area contributed by atoms with Gasteiger partial charge >= 0.3 is 0 Å². The third-order valence-corrected chi connectivity index (χ3v) is 2.78. The van der Waals surface area contributed by atoms with Crippen molar-refractivity contribution in [2.45, 2.75) is 26.3 Å². The Kier molecular flexibility index (Phi) is 5.47. The number of carbonyl (C=O) groups excluding carboxylic acids is 1. The lowest BCUT2D eigenvalue weighted by Crippen LogP contribution is -2.41. The molecule has 0 radical (unpaired) electrons. The number of amides is 1. The van der Waals surface area contributed by atoms with Gasteiger partial charge in [0.1, 0.15) is 5.02 Å². The summed E-state index contributed by atoms with van der Waals surface area (Å²) in [5.41, 5.74) is 0.0791. The molecule has 6 nitrogen and oxygen atoms in total. The van der Waals surface area contributed by atoms with Crippen LogP contribution in [-0.2, 0) is 0 Å². The number of rotatable bonds is 5. The van der Waals surface area contributed by atoms with Gasteiger partial charge in [-0.15, -0.1) is 0 Å². The molecule has 0 saturated heterocycles. The quantitative estimate of drug-likeness (QED) is 0.496. The Hall–Kier alpha value is -1.66. The summed E-state index contributed by atoms with van der Waals surface area (Å²) < 4.78 is 0. The van der Waals surface area contributed by atoms with Crippen LogP contribution < -0.4 is 10.6 Å². The molecule has 0 bridgehead atoms. The highest BCUT2D eigenvalue weighted by atomic mass is 35.5. The van der Waals surface area contributed by atoms with E-state index >= 15 is 0 Å². The highest BCUT2D eigenvalue weighted by molar-refractivity contribution is 6.33. The van der Waals surface area contributed by atoms with E-state index in [1.54, 1.807) is 0 Å². The number of hydrogen-bond acceptors (Lipinski definition) is 4. The molecule has 0 aliphatic heterocycles. The molecule has 0 aliphatic carbocycles. The Morgan fingerprint density at radius 2 is 2.00 bits per heavy atom. The van der Waals surface area contributed by atoms with Gasteiger partial charge in [-0.2, -0.15) is 0 Å². The minimum absolute atomic E-state index is 0.0125. The maximum Gasteiger partial charge on any atom is 0.287 e. The van der Waals surface area contributed by atoms with E-state index in [2.05, 4.69) is 10.6 Å². The second-order valence-corrected chi connectivity index (χ2v) is 5.76. The van der Waals surface area contributed by atoms with Crippen LogP contribution in [0.1, 0.15) is 31.1 Å². The minimum atomic E-state index is -0.586. The molecule has 20 heavy (non-hydrogen) atoms. The molecule has 7 heteroatoms. The van der Waals surface area contributed by atoms with Crippen LogP contribution in [0.2, 0.25) is 5.02 Å². The first kappa shape index (κ1) is 16.4. The van der Waals surface area contributed by atoms with Gasteiger partial charge in [0.25, 0.3) is 11.6 Å². The van der Waals surface area contributed by atoms with E-state index in [-0.39, 0.29) is 22.2 Å². The number of nitrogens with one attached hydrogen (secondary N) is 2. The maximum atomic E-state index is 11.8. The van der Waals surface area contributed by atoms with Crippen molar-refractivity contribution >= 4 is 23.2 Å². The standard InChI is InChI=1S/C13H18ClN3O3/c1-13(2,3)16-7-6-15-12(18)9-4-5-11(17(19)20)10(14)8-9/h4-5,8,16H,6-7H2,1-3H3,(H,15,18). The van der Waals surface area contributed by atoms with Crippen LogP contribution in [0.3, 0.4) is 0 Å². The number of hydrogen-bond donors (Lipinski definition) is 2. The van der Waals surface area contributed by atoms with Gasteiger partial charge in [0, 0.05) is 30.3 Å². The molecule has 1 amide bonds. The first-order valence-corrected chi connectivity index (χ1v) is 6.55. The van der Waals surface area contributed by atoms with Gasteiger partial charge in [-0.3, -0.25) is 14.9 Å². The third-order valence-electron chi connectivity index (χ3n) is 2.47. The lowest BCUT2D eigenvalue weighted by molar-refractivity contribution is -0.384. The summed E-state index contributed by atoms with van der Waals surface area (Å²) in [7, 11) is 0. The van der Waals surface area contributed by atoms with Crippen molar-refractivity contribution in [2.75, 3.05) is 13.1 Å². The van der Waals surface area contributed by atoms with Crippen LogP contribution in [0, 0.1) is 10.1 Å². The summed E-state index contributed by atoms with van der Waals surface area (Å²) >= 11 is 5.76. The predicted molar refractivity (Wildman–Crippen MR) is 78.2 cm³/mol. The topological polar surface area (TPSA) is 84.3 Å². The maximum absolute atomic E-state index is 11.8. The fourth-order valence-corrected chi connectivity index (χ4v) is 1.76. The number of carbonyl (C=O) groups is 1. The Morgan fingerprint density at radius 3 is 2.50 bits per heavy atom. The summed E-state index contributed by atoms with van der Waals surface area (Å²) in [6.07, 6.45) is 0. The second kappa shape index (κ2) is 6.67. The lowest BCUT2D eigenvalue weighted by Gasteiger charge is -2.20. The number of halogens is 1. The van der Waals surface area contributed by atoms with E-state index in [1.165, 1.54) is 18.2 Å². The molecule has 0 saturated carbocycles. The van der Waals surface area contributed by atoms with Crippen molar-refractivity contribution in [1.82, 2.24) is 10.6 Å². The fraction of sp³-hybridized carbons (Fsp3) is 0.462. The molecule has 0 atom stereocenters. The van der Waals surface area contributed by atoms with Gasteiger partial charge in [-0.05, 0) is 32.9 Å². The van der Waals surface area contributed by atoms with Crippen molar-refractivity contribution in [3.05, 3.63) is 38.9 Å². The first-order chi connectivity index (χ1) is 9.20. The first-order valence-electron chi connectivity index (χ1n) is 6.18. The average molecular weight is 300 g/mol. The predicted octanol–water partition coefficient (Wildman–Crippen LogP) is 2.37. The number of nitro benzene ring substituents is 1. The number of nitro groups is 1. The molecule has 0 unspecified atom stereocenters. The molecular weight excluding hydrogens is 282 g/mol. The molecular formula is C13H18ClN3O3. The molecule has 0 heterocycles. The van der Waals surface area contributed by atoms with E-state index < -0.39 is 4.92 Å². The molecule has 0 aliphatic rings. The van der Waals surface area contributed by atoms with Crippen LogP contribution in [0.25, 0.3) is 0 Å². The van der Waals surface area contributed by atoms with Gasteiger partial charge in [0.05, 0.1) is 4.92 Å². The van der Waals surface area contributed by atoms with E-state index in [0.29, 0.717) is 18.7 Å². The Labute approximate surface area is 122 Å². The molecule has 2 N–H and O–H groups in total. The Morgan fingerprint density at radius 1 is 1.35 bits per heavy atom. The SMILES string of the molecule is CC(C)(C)NCCNC(=O)c1ccc([N+](=O)[O-])c(Cl)c1. The van der Waals surface area contributed by atoms with Crippen molar-refractivity contribution in [3.63, 3.8) is 0 Å². The van der Waals surface area contributed by atoms with Crippen LogP contribution in [-0.4, -0.2) is 29.5 Å². The van der Waals surface area contributed by atoms with E-state index in [0.717, 1.165) is 0 Å². The molecule has 0 fully saturated rings. The Balaban J connectivity index is 2.56. The number of benzene rings is 1. The lowest BCUT2D eigenvalue weighted by atomic mass is 10.1. The minimum Gasteiger partial charge on any atom is -0.351 e. The van der Waals surface area contributed by atoms with Gasteiger partial charge in [0.2, 0.25) is 0 Å². The van der Waals surface area contributed by atoms with Crippen LogP contribution in [0.15, 0.2) is 18.2 Å². The number of nitrogens with zero attached hydrogens (tertiary/aromatic N) is 1. The van der Waals surface area contributed by atoms with Crippen molar-refractivity contribution in [2.24, 2.45) is 0 Å². The monoisotopic (exact) mass is 299 g/mol. The largest absolute Gasteiger partial charge is 0.351 e. The van der Waals surface area contributed by atoms with E-state index in [4.69, 9.17) is 11.6 Å². The smallest absolute Gasteiger partial charge is 0.287 e. The fourth-order valence-electron chi connectivity index (χ4n) is 1.51. The van der Waals surface area contributed by atoms with Gasteiger partial charge < -0.3 is 10.6 Å². The normalized spacial score (nSPS) is 11.2. The zero-order valence-electron chi connectivity index (χ0n) is 11.7. The average Bonchev–Trinajstić information content (AvgIpc) is 2.32. The van der Waals surface area contributed by atoms with Crippen LogP contribution in [0.4, 0.5) is 5.69 Å².